The molecular formula is C13H15F2N. The van der Waals surface area contributed by atoms with Gasteiger partial charge in [0, 0.05) is 17.1 Å². The zero-order valence-electron chi connectivity index (χ0n) is 9.70. The molecule has 0 aliphatic carbocycles. The van der Waals surface area contributed by atoms with Gasteiger partial charge in [-0.1, -0.05) is 13.8 Å². The van der Waals surface area contributed by atoms with Gasteiger partial charge in [-0.2, -0.15) is 0 Å². The van der Waals surface area contributed by atoms with E-state index in [1.54, 1.807) is 0 Å². The van der Waals surface area contributed by atoms with E-state index in [2.05, 4.69) is 18.8 Å². The smallest absolute Gasteiger partial charge is 0.150 e. The highest BCUT2D eigenvalue weighted by molar-refractivity contribution is 5.85. The first kappa shape index (κ1) is 11.1. The average molecular weight is 223 g/mol. The number of H-pyrrole nitrogens is 1. The van der Waals surface area contributed by atoms with Crippen molar-refractivity contribution in [1.82, 2.24) is 4.98 Å². The summed E-state index contributed by atoms with van der Waals surface area (Å²) >= 11 is 0. The Bertz CT molecular complexity index is 526. The van der Waals surface area contributed by atoms with Crippen molar-refractivity contribution in [3.63, 3.8) is 0 Å². The van der Waals surface area contributed by atoms with Crippen LogP contribution in [0.5, 0.6) is 0 Å². The Hall–Kier alpha value is -1.38. The summed E-state index contributed by atoms with van der Waals surface area (Å²) in [5.41, 5.74) is 2.35. The van der Waals surface area contributed by atoms with Crippen LogP contribution in [0.25, 0.3) is 10.9 Å². The molecule has 86 valence electrons. The molecule has 1 heterocycles. The van der Waals surface area contributed by atoms with Gasteiger partial charge >= 0.3 is 0 Å². The Morgan fingerprint density at radius 1 is 1.25 bits per heavy atom. The highest BCUT2D eigenvalue weighted by Crippen LogP contribution is 2.27. The van der Waals surface area contributed by atoms with Crippen molar-refractivity contribution < 1.29 is 8.78 Å². The third-order valence-electron chi connectivity index (χ3n) is 2.76. The van der Waals surface area contributed by atoms with Crippen LogP contribution in [0, 0.1) is 24.5 Å². The molecule has 1 N–H and O–H groups in total. The standard InChI is InChI=1S/C13H15F2N/c1-7(2)4-10-8(3)16-13-11(10)5-9(14)6-12(13)15/h5-7,16H,4H2,1-3H3. The van der Waals surface area contributed by atoms with E-state index in [4.69, 9.17) is 0 Å². The minimum atomic E-state index is -0.520. The number of aromatic amines is 1. The number of hydrogen-bond donors (Lipinski definition) is 1. The van der Waals surface area contributed by atoms with Gasteiger partial charge in [0.25, 0.3) is 0 Å². The highest BCUT2D eigenvalue weighted by atomic mass is 19.1. The zero-order chi connectivity index (χ0) is 11.9. The van der Waals surface area contributed by atoms with Gasteiger partial charge in [0.15, 0.2) is 0 Å². The molecule has 1 aromatic carbocycles. The number of aryl methyl sites for hydroxylation is 1. The molecule has 0 saturated heterocycles. The number of aromatic nitrogens is 1. The van der Waals surface area contributed by atoms with E-state index < -0.39 is 11.6 Å². The van der Waals surface area contributed by atoms with Crippen molar-refractivity contribution >= 4 is 10.9 Å². The predicted molar refractivity (Wildman–Crippen MR) is 61.5 cm³/mol. The Morgan fingerprint density at radius 3 is 2.56 bits per heavy atom. The number of nitrogens with one attached hydrogen (secondary N) is 1. The molecule has 2 aromatic rings. The first-order valence-corrected chi connectivity index (χ1v) is 5.45. The summed E-state index contributed by atoms with van der Waals surface area (Å²) < 4.78 is 26.7. The molecule has 0 saturated carbocycles. The van der Waals surface area contributed by atoms with E-state index in [9.17, 15) is 8.78 Å². The summed E-state index contributed by atoms with van der Waals surface area (Å²) in [6.07, 6.45) is 0.828. The van der Waals surface area contributed by atoms with Gasteiger partial charge in [-0.05, 0) is 30.9 Å². The summed E-state index contributed by atoms with van der Waals surface area (Å²) in [5, 5.41) is 0.670. The molecular weight excluding hydrogens is 208 g/mol. The Labute approximate surface area is 93.5 Å². The second kappa shape index (κ2) is 3.89. The maximum Gasteiger partial charge on any atom is 0.150 e. The van der Waals surface area contributed by atoms with E-state index in [0.717, 1.165) is 23.7 Å². The molecule has 1 nitrogen and oxygen atoms in total. The first-order chi connectivity index (χ1) is 7.49. The van der Waals surface area contributed by atoms with Crippen LogP contribution in [-0.4, -0.2) is 4.98 Å². The minimum absolute atomic E-state index is 0.412. The maximum atomic E-state index is 13.5. The fourth-order valence-electron chi connectivity index (χ4n) is 2.07. The van der Waals surface area contributed by atoms with Crippen molar-refractivity contribution in [1.29, 1.82) is 0 Å². The minimum Gasteiger partial charge on any atom is -0.356 e. The van der Waals surface area contributed by atoms with Gasteiger partial charge in [-0.15, -0.1) is 0 Å². The molecule has 0 fully saturated rings. The first-order valence-electron chi connectivity index (χ1n) is 5.45. The van der Waals surface area contributed by atoms with Crippen LogP contribution in [-0.2, 0) is 6.42 Å². The lowest BCUT2D eigenvalue weighted by molar-refractivity contribution is 0.590. The topological polar surface area (TPSA) is 15.8 Å². The third kappa shape index (κ3) is 1.82. The second-order valence-corrected chi connectivity index (χ2v) is 4.64. The van der Waals surface area contributed by atoms with Gasteiger partial charge in [-0.3, -0.25) is 0 Å². The number of rotatable bonds is 2. The molecule has 16 heavy (non-hydrogen) atoms. The van der Waals surface area contributed by atoms with Gasteiger partial charge in [0.05, 0.1) is 5.52 Å². The van der Waals surface area contributed by atoms with Gasteiger partial charge in [-0.25, -0.2) is 8.78 Å². The van der Waals surface area contributed by atoms with E-state index >= 15 is 0 Å². The summed E-state index contributed by atoms with van der Waals surface area (Å²) in [7, 11) is 0. The van der Waals surface area contributed by atoms with Crippen LogP contribution in [0.3, 0.4) is 0 Å². The Balaban J connectivity index is 2.68. The molecule has 0 aliphatic rings. The molecule has 0 bridgehead atoms. The van der Waals surface area contributed by atoms with Gasteiger partial charge < -0.3 is 4.98 Å². The van der Waals surface area contributed by atoms with Crippen molar-refractivity contribution in [3.05, 3.63) is 35.0 Å². The lowest BCUT2D eigenvalue weighted by atomic mass is 10.00. The summed E-state index contributed by atoms with van der Waals surface area (Å²) in [6, 6.07) is 2.32. The quantitative estimate of drug-likeness (QED) is 0.793. The maximum absolute atomic E-state index is 13.5. The third-order valence-corrected chi connectivity index (χ3v) is 2.76. The number of benzene rings is 1. The fraction of sp³-hybridized carbons (Fsp3) is 0.385. The van der Waals surface area contributed by atoms with E-state index in [1.165, 1.54) is 6.07 Å². The van der Waals surface area contributed by atoms with Crippen molar-refractivity contribution in [2.24, 2.45) is 5.92 Å². The number of hydrogen-bond acceptors (Lipinski definition) is 0. The molecule has 3 heteroatoms. The van der Waals surface area contributed by atoms with Gasteiger partial charge in [0.2, 0.25) is 0 Å². The van der Waals surface area contributed by atoms with Crippen molar-refractivity contribution in [2.75, 3.05) is 0 Å². The Morgan fingerprint density at radius 2 is 1.94 bits per heavy atom. The van der Waals surface area contributed by atoms with E-state index in [1.807, 2.05) is 6.92 Å². The normalized spacial score (nSPS) is 11.6. The Kier molecular flexibility index (Phi) is 2.70. The monoisotopic (exact) mass is 223 g/mol. The van der Waals surface area contributed by atoms with Crippen molar-refractivity contribution in [2.45, 2.75) is 27.2 Å². The lowest BCUT2D eigenvalue weighted by Gasteiger charge is -2.04. The largest absolute Gasteiger partial charge is 0.356 e. The molecule has 0 amide bonds. The number of fused-ring (bicyclic) bond motifs is 1. The van der Waals surface area contributed by atoms with Crippen LogP contribution in [0.2, 0.25) is 0 Å². The van der Waals surface area contributed by atoms with Crippen LogP contribution in [0.15, 0.2) is 12.1 Å². The van der Waals surface area contributed by atoms with Crippen LogP contribution >= 0.6 is 0 Å². The lowest BCUT2D eigenvalue weighted by Crippen LogP contribution is -1.95. The molecule has 0 unspecified atom stereocenters. The average Bonchev–Trinajstić information content (AvgIpc) is 2.45. The molecule has 0 atom stereocenters. The zero-order valence-corrected chi connectivity index (χ0v) is 9.70. The molecule has 1 aromatic heterocycles. The summed E-state index contributed by atoms with van der Waals surface area (Å²) in [6.45, 7) is 6.08. The summed E-state index contributed by atoms with van der Waals surface area (Å²) in [4.78, 5) is 2.99. The fourth-order valence-corrected chi connectivity index (χ4v) is 2.07. The van der Waals surface area contributed by atoms with Gasteiger partial charge in [0.1, 0.15) is 11.6 Å². The highest BCUT2D eigenvalue weighted by Gasteiger charge is 2.14. The van der Waals surface area contributed by atoms with Crippen LogP contribution in [0.1, 0.15) is 25.1 Å². The van der Waals surface area contributed by atoms with Crippen LogP contribution < -0.4 is 0 Å². The molecule has 0 radical (unpaired) electrons. The predicted octanol–water partition coefficient (Wildman–Crippen LogP) is 3.95. The molecule has 0 aliphatic heterocycles. The summed E-state index contributed by atoms with van der Waals surface area (Å²) in [5.74, 6) is -0.578. The van der Waals surface area contributed by atoms with E-state index in [0.29, 0.717) is 16.8 Å². The molecule has 2 rings (SSSR count). The second-order valence-electron chi connectivity index (χ2n) is 4.64. The van der Waals surface area contributed by atoms with Crippen LogP contribution in [0.4, 0.5) is 8.78 Å². The number of halogens is 2. The van der Waals surface area contributed by atoms with E-state index in [-0.39, 0.29) is 0 Å². The molecule has 0 spiro atoms. The SMILES string of the molecule is Cc1[nH]c2c(F)cc(F)cc2c1CC(C)C. The van der Waals surface area contributed by atoms with Crippen molar-refractivity contribution in [3.8, 4) is 0 Å².